The van der Waals surface area contributed by atoms with Gasteiger partial charge in [-0.3, -0.25) is 0 Å². The second-order valence-corrected chi connectivity index (χ2v) is 6.64. The van der Waals surface area contributed by atoms with Crippen LogP contribution in [0.3, 0.4) is 0 Å². The highest BCUT2D eigenvalue weighted by Gasteiger charge is 2.08. The molecule has 8 heteroatoms. The molecule has 0 unspecified atom stereocenters. The quantitative estimate of drug-likeness (QED) is 0.345. The first-order valence-corrected chi connectivity index (χ1v) is 9.26. The van der Waals surface area contributed by atoms with Gasteiger partial charge in [0.05, 0.1) is 13.1 Å². The third-order valence-corrected chi connectivity index (χ3v) is 4.66. The van der Waals surface area contributed by atoms with Crippen molar-refractivity contribution in [1.29, 1.82) is 0 Å². The number of ether oxygens (including phenoxy) is 1. The molecular weight excluding hydrogens is 466 g/mol. The van der Waals surface area contributed by atoms with E-state index < -0.39 is 0 Å². The van der Waals surface area contributed by atoms with Gasteiger partial charge in [0.25, 0.3) is 0 Å². The first-order valence-electron chi connectivity index (χ1n) is 8.44. The fraction of sp³-hybridized carbons (Fsp3) is 0.444. The Bertz CT molecular complexity index is 695. The number of hydrogen-bond donors (Lipinski definition) is 1. The molecule has 26 heavy (non-hydrogen) atoms. The van der Waals surface area contributed by atoms with E-state index in [9.17, 15) is 4.39 Å². The number of para-hydroxylation sites is 1. The summed E-state index contributed by atoms with van der Waals surface area (Å²) < 4.78 is 19.1. The van der Waals surface area contributed by atoms with Crippen LogP contribution in [0.5, 0.6) is 5.75 Å². The first kappa shape index (κ1) is 22.6. The Labute approximate surface area is 175 Å². The second-order valence-electron chi connectivity index (χ2n) is 5.44. The minimum atomic E-state index is -0.346. The molecule has 0 fully saturated rings. The number of aromatic nitrogens is 1. The number of thiazole rings is 1. The monoisotopic (exact) mass is 492 g/mol. The van der Waals surface area contributed by atoms with Crippen LogP contribution in [0.15, 0.2) is 35.5 Å². The van der Waals surface area contributed by atoms with Crippen LogP contribution in [0.2, 0.25) is 0 Å². The summed E-state index contributed by atoms with van der Waals surface area (Å²) in [5, 5.41) is 4.26. The zero-order valence-corrected chi connectivity index (χ0v) is 18.5. The minimum absolute atomic E-state index is 0. The second kappa shape index (κ2) is 12.1. The normalized spacial score (nSPS) is 11.0. The highest BCUT2D eigenvalue weighted by atomic mass is 127. The Kier molecular flexibility index (Phi) is 10.5. The van der Waals surface area contributed by atoms with E-state index in [2.05, 4.69) is 22.2 Å². The van der Waals surface area contributed by atoms with Gasteiger partial charge >= 0.3 is 0 Å². The molecule has 2 aromatic rings. The Hall–Kier alpha value is -1.42. The predicted molar refractivity (Wildman–Crippen MR) is 116 cm³/mol. The lowest BCUT2D eigenvalue weighted by Crippen LogP contribution is -2.40. The summed E-state index contributed by atoms with van der Waals surface area (Å²) in [6.07, 6.45) is 2.91. The fourth-order valence-electron chi connectivity index (χ4n) is 2.16. The molecule has 1 aromatic carbocycles. The molecule has 144 valence electrons. The molecule has 5 nitrogen and oxygen atoms in total. The van der Waals surface area contributed by atoms with E-state index >= 15 is 0 Å². The lowest BCUT2D eigenvalue weighted by molar-refractivity contribution is 0.270. The smallest absolute Gasteiger partial charge is 0.194 e. The molecule has 0 aliphatic carbocycles. The van der Waals surface area contributed by atoms with Crippen LogP contribution in [0.25, 0.3) is 0 Å². The summed E-state index contributed by atoms with van der Waals surface area (Å²) in [6.45, 7) is 6.43. The number of benzene rings is 1. The number of rotatable bonds is 8. The maximum Gasteiger partial charge on any atom is 0.194 e. The van der Waals surface area contributed by atoms with Crippen LogP contribution in [-0.4, -0.2) is 42.6 Å². The number of nitrogens with zero attached hydrogens (tertiary/aromatic N) is 3. The van der Waals surface area contributed by atoms with Gasteiger partial charge in [0.1, 0.15) is 11.6 Å². The molecule has 1 heterocycles. The molecule has 0 radical (unpaired) electrons. The molecule has 0 aliphatic rings. The van der Waals surface area contributed by atoms with Gasteiger partial charge in [0.15, 0.2) is 17.5 Å². The minimum Gasteiger partial charge on any atom is -0.489 e. The van der Waals surface area contributed by atoms with Crippen LogP contribution in [0.1, 0.15) is 23.7 Å². The van der Waals surface area contributed by atoms with Crippen molar-refractivity contribution in [2.75, 3.05) is 26.7 Å². The lowest BCUT2D eigenvalue weighted by Gasteiger charge is -2.22. The summed E-state index contributed by atoms with van der Waals surface area (Å²) in [5.41, 5.74) is 0. The molecule has 0 bridgehead atoms. The van der Waals surface area contributed by atoms with Gasteiger partial charge < -0.3 is 15.0 Å². The van der Waals surface area contributed by atoms with Crippen LogP contribution < -0.4 is 10.1 Å². The van der Waals surface area contributed by atoms with Crippen molar-refractivity contribution in [3.8, 4) is 5.75 Å². The topological polar surface area (TPSA) is 49.8 Å². The Morgan fingerprint density at radius 2 is 2.12 bits per heavy atom. The highest BCUT2D eigenvalue weighted by molar-refractivity contribution is 14.0. The average Bonchev–Trinajstić information content (AvgIpc) is 3.08. The zero-order chi connectivity index (χ0) is 18.1. The number of halogens is 2. The maximum atomic E-state index is 13.6. The van der Waals surface area contributed by atoms with E-state index in [1.165, 1.54) is 10.9 Å². The number of hydrogen-bond acceptors (Lipinski definition) is 4. The molecular formula is C18H26FIN4OS. The lowest BCUT2D eigenvalue weighted by atomic mass is 10.3. The summed E-state index contributed by atoms with van der Waals surface area (Å²) >= 11 is 1.69. The summed E-state index contributed by atoms with van der Waals surface area (Å²) in [4.78, 5) is 12.2. The number of aryl methyl sites for hydroxylation is 1. The molecule has 0 spiro atoms. The van der Waals surface area contributed by atoms with Gasteiger partial charge in [-0.2, -0.15) is 0 Å². The summed E-state index contributed by atoms with van der Waals surface area (Å²) in [5.74, 6) is 0.710. The van der Waals surface area contributed by atoms with Gasteiger partial charge in [-0.15, -0.1) is 35.3 Å². The molecule has 0 atom stereocenters. The van der Waals surface area contributed by atoms with Crippen LogP contribution in [0.4, 0.5) is 4.39 Å². The van der Waals surface area contributed by atoms with Crippen molar-refractivity contribution in [1.82, 2.24) is 15.2 Å². The predicted octanol–water partition coefficient (Wildman–Crippen LogP) is 3.94. The van der Waals surface area contributed by atoms with Gasteiger partial charge in [0, 0.05) is 24.7 Å². The van der Waals surface area contributed by atoms with Crippen molar-refractivity contribution in [3.63, 3.8) is 0 Å². The summed E-state index contributed by atoms with van der Waals surface area (Å²) in [7, 11) is 1.94. The van der Waals surface area contributed by atoms with Crippen molar-refractivity contribution < 1.29 is 9.13 Å². The Morgan fingerprint density at radius 3 is 2.77 bits per heavy atom. The molecule has 1 N–H and O–H groups in total. The molecule has 0 aliphatic heterocycles. The standard InChI is InChI=1S/C18H25FN4OS.HI/c1-4-14-12-21-17(25-14)13-22-18(20-5-2)23(3)10-11-24-16-9-7-6-8-15(16)19;/h6-9,12H,4-5,10-11,13H2,1-3H3,(H,20,22);1H. The molecule has 2 rings (SSSR count). The summed E-state index contributed by atoms with van der Waals surface area (Å²) in [6, 6.07) is 6.42. The van der Waals surface area contributed by atoms with Crippen molar-refractivity contribution in [3.05, 3.63) is 46.2 Å². The van der Waals surface area contributed by atoms with Gasteiger partial charge in [0.2, 0.25) is 0 Å². The van der Waals surface area contributed by atoms with E-state index in [1.807, 2.05) is 25.1 Å². The highest BCUT2D eigenvalue weighted by Crippen LogP contribution is 2.15. The third kappa shape index (κ3) is 7.06. The Morgan fingerprint density at radius 1 is 1.35 bits per heavy atom. The van der Waals surface area contributed by atoms with Crippen LogP contribution in [-0.2, 0) is 13.0 Å². The molecule has 0 saturated carbocycles. The van der Waals surface area contributed by atoms with E-state index in [0.29, 0.717) is 19.7 Å². The average molecular weight is 492 g/mol. The molecule has 0 amide bonds. The number of likely N-dealkylation sites (N-methyl/N-ethyl adjacent to an activating group) is 1. The first-order chi connectivity index (χ1) is 12.1. The van der Waals surface area contributed by atoms with E-state index in [0.717, 1.165) is 23.9 Å². The van der Waals surface area contributed by atoms with Crippen molar-refractivity contribution in [2.24, 2.45) is 4.99 Å². The number of aliphatic imine (C=N–C) groups is 1. The maximum absolute atomic E-state index is 13.6. The van der Waals surface area contributed by atoms with Gasteiger partial charge in [-0.05, 0) is 25.5 Å². The van der Waals surface area contributed by atoms with E-state index in [4.69, 9.17) is 4.74 Å². The van der Waals surface area contributed by atoms with Crippen molar-refractivity contribution in [2.45, 2.75) is 26.8 Å². The Balaban J connectivity index is 0.00000338. The molecule has 1 aromatic heterocycles. The molecule has 0 saturated heterocycles. The van der Waals surface area contributed by atoms with E-state index in [-0.39, 0.29) is 35.5 Å². The van der Waals surface area contributed by atoms with Crippen LogP contribution in [0, 0.1) is 5.82 Å². The third-order valence-electron chi connectivity index (χ3n) is 3.53. The zero-order valence-electron chi connectivity index (χ0n) is 15.4. The number of nitrogens with one attached hydrogen (secondary N) is 1. The number of guanidine groups is 1. The van der Waals surface area contributed by atoms with Gasteiger partial charge in [-0.25, -0.2) is 14.4 Å². The SMILES string of the molecule is CCNC(=NCc1ncc(CC)s1)N(C)CCOc1ccccc1F.I. The van der Waals surface area contributed by atoms with Crippen molar-refractivity contribution >= 4 is 41.3 Å². The van der Waals surface area contributed by atoms with Gasteiger partial charge in [-0.1, -0.05) is 19.1 Å². The van der Waals surface area contributed by atoms with E-state index in [1.54, 1.807) is 29.5 Å². The van der Waals surface area contributed by atoms with Crippen LogP contribution >= 0.6 is 35.3 Å². The fourth-order valence-corrected chi connectivity index (χ4v) is 2.94. The largest absolute Gasteiger partial charge is 0.489 e.